The average molecular weight is 619 g/mol. The Bertz CT molecular complexity index is 704. The van der Waals surface area contributed by atoms with Crippen LogP contribution in [-0.4, -0.2) is 32.0 Å². The normalized spacial score (nSPS) is 33.5. The van der Waals surface area contributed by atoms with Crippen LogP contribution in [0.3, 0.4) is 0 Å². The van der Waals surface area contributed by atoms with Crippen molar-refractivity contribution >= 4 is 15.1 Å². The minimum absolute atomic E-state index is 0.0916. The van der Waals surface area contributed by atoms with Gasteiger partial charge in [0.1, 0.15) is 0 Å². The first-order chi connectivity index (χ1) is 20.1. The Kier molecular flexibility index (Phi) is 14.5. The van der Waals surface area contributed by atoms with Crippen LogP contribution in [0, 0.1) is 53.3 Å². The molecule has 0 aromatic carbocycles. The molecule has 0 N–H and O–H groups in total. The molecule has 3 rings (SSSR count). The molecule has 0 bridgehead atoms. The molecule has 0 amide bonds. The molecule has 43 heavy (non-hydrogen) atoms. The summed E-state index contributed by atoms with van der Waals surface area (Å²) in [6, 6.07) is 0. The Balaban J connectivity index is 2.09. The number of rotatable bonds is 18. The Morgan fingerprint density at radius 2 is 0.698 bits per heavy atom. The maximum atomic E-state index is 7.76. The minimum Gasteiger partial charge on any atom is -0.449 e. The fourth-order valence-electron chi connectivity index (χ4n) is 10.2. The van der Waals surface area contributed by atoms with Crippen molar-refractivity contribution in [2.45, 2.75) is 196 Å². The molecule has 6 unspecified atom stereocenters. The maximum absolute atomic E-state index is 7.76. The smallest absolute Gasteiger partial charge is 0.449 e. The van der Waals surface area contributed by atoms with Crippen LogP contribution in [0.25, 0.3) is 0 Å². The van der Waals surface area contributed by atoms with Gasteiger partial charge in [-0.15, -0.1) is 0 Å². The molecular weight excluding hydrogens is 543 g/mol. The second-order valence-electron chi connectivity index (χ2n) is 18.3. The van der Waals surface area contributed by atoms with E-state index in [0.717, 1.165) is 19.3 Å². The van der Waals surface area contributed by atoms with Gasteiger partial charge in [0.25, 0.3) is 0 Å². The van der Waals surface area contributed by atoms with Gasteiger partial charge in [0.2, 0.25) is 0 Å². The van der Waals surface area contributed by atoms with E-state index in [1.54, 1.807) is 0 Å². The largest absolute Gasteiger partial charge is 0.906 e. The molecule has 3 saturated carbocycles. The minimum atomic E-state index is -2.52. The van der Waals surface area contributed by atoms with Crippen molar-refractivity contribution in [1.82, 2.24) is 0 Å². The molecule has 0 spiro atoms. The quantitative estimate of drug-likeness (QED) is 0.143. The Hall–Kier alpha value is 0.412. The first kappa shape index (κ1) is 37.9. The van der Waals surface area contributed by atoms with E-state index >= 15 is 0 Å². The zero-order chi connectivity index (χ0) is 32.0. The predicted octanol–water partition coefficient (Wildman–Crippen LogP) is 11.9. The summed E-state index contributed by atoms with van der Waals surface area (Å²) in [7, 11) is 0. The molecule has 0 radical (unpaired) electrons. The average Bonchev–Trinajstić information content (AvgIpc) is 3.50. The lowest BCUT2D eigenvalue weighted by Crippen LogP contribution is -2.55. The second kappa shape index (κ2) is 16.5. The fraction of sp³-hybridized carbons (Fsp3) is 1.00. The highest BCUT2D eigenvalue weighted by Crippen LogP contribution is 2.52. The Morgan fingerprint density at radius 3 is 0.907 bits per heavy atom. The first-order valence-corrected chi connectivity index (χ1v) is 20.5. The molecule has 0 aliphatic heterocycles. The van der Waals surface area contributed by atoms with Gasteiger partial charge in [-0.2, -0.15) is 0 Å². The highest BCUT2D eigenvalue weighted by Gasteiger charge is 2.58. The molecule has 0 aromatic heterocycles. The predicted molar refractivity (Wildman–Crippen MR) is 186 cm³/mol. The van der Waals surface area contributed by atoms with Crippen LogP contribution in [0.2, 0.25) is 0 Å². The van der Waals surface area contributed by atoms with Crippen molar-refractivity contribution in [1.29, 1.82) is 0 Å². The molecule has 3 fully saturated rings. The van der Waals surface area contributed by atoms with Crippen molar-refractivity contribution in [3.05, 3.63) is 0 Å². The summed E-state index contributed by atoms with van der Waals surface area (Å²) in [5.74, 6) is 5.74. The van der Waals surface area contributed by atoms with Gasteiger partial charge in [-0.1, -0.05) is 102 Å². The van der Waals surface area contributed by atoms with E-state index in [2.05, 4.69) is 83.1 Å². The van der Waals surface area contributed by atoms with Crippen molar-refractivity contribution in [2.75, 3.05) is 0 Å². The summed E-state index contributed by atoms with van der Waals surface area (Å²) < 4.78 is 23.3. The van der Waals surface area contributed by atoms with E-state index in [-0.39, 0.29) is 16.8 Å². The van der Waals surface area contributed by atoms with Crippen LogP contribution in [0.4, 0.5) is 0 Å². The number of hydrogen-bond acceptors (Lipinski definition) is 3. The summed E-state index contributed by atoms with van der Waals surface area (Å²) >= 11 is -2.52. The molecule has 0 saturated heterocycles. The molecule has 4 heteroatoms. The Labute approximate surface area is 275 Å². The van der Waals surface area contributed by atoms with Crippen LogP contribution in [0.5, 0.6) is 0 Å². The lowest BCUT2D eigenvalue weighted by molar-refractivity contribution is -0.133. The van der Waals surface area contributed by atoms with Gasteiger partial charge in [0.05, 0.1) is 0 Å². The lowest BCUT2D eigenvalue weighted by Gasteiger charge is -2.47. The van der Waals surface area contributed by atoms with E-state index in [1.807, 2.05) is 0 Å². The van der Waals surface area contributed by atoms with Crippen LogP contribution in [-0.2, 0) is 11.4 Å². The fourth-order valence-corrected chi connectivity index (χ4v) is 12.7. The summed E-state index contributed by atoms with van der Waals surface area (Å²) in [5, 5.41) is 0. The van der Waals surface area contributed by atoms with Gasteiger partial charge in [-0.3, -0.25) is 0 Å². The monoisotopic (exact) mass is 619 g/mol. The zero-order valence-corrected chi connectivity index (χ0v) is 32.3. The third-order valence-corrected chi connectivity index (χ3v) is 13.2. The van der Waals surface area contributed by atoms with E-state index in [1.165, 1.54) is 77.0 Å². The molecule has 6 atom stereocenters. The van der Waals surface area contributed by atoms with Crippen molar-refractivity contribution in [2.24, 2.45) is 53.3 Å². The zero-order valence-electron chi connectivity index (χ0n) is 31.1. The molecule has 3 aliphatic rings. The standard InChI is InChI=1S/3C13H25O.Al/c3*1-10(2)8-12-6-5-7-13(12,14)9-11(3)4;/h3*10-12H,5-9H2,1-4H3;/q3*-1;+3. The maximum Gasteiger partial charge on any atom is 0.906 e. The molecular formula is C39H75AlO3. The second-order valence-corrected chi connectivity index (χ2v) is 19.6. The summed E-state index contributed by atoms with van der Waals surface area (Å²) in [5.41, 5.74) is -0.275. The SMILES string of the molecule is CC(C)CC1CCCC1(CC(C)C)[O][Al]([O]C1(CC(C)C)CCCC1CC(C)C)[O]C1(CC(C)C)CCCC1CC(C)C. The first-order valence-electron chi connectivity index (χ1n) is 19.1. The van der Waals surface area contributed by atoms with Gasteiger partial charge in [-0.25, -0.2) is 0 Å². The van der Waals surface area contributed by atoms with Gasteiger partial charge in [0, 0.05) is 16.8 Å². The Morgan fingerprint density at radius 1 is 0.442 bits per heavy atom. The highest BCUT2D eigenvalue weighted by atomic mass is 27.3. The van der Waals surface area contributed by atoms with E-state index < -0.39 is 15.1 Å². The van der Waals surface area contributed by atoms with Crippen LogP contribution >= 0.6 is 0 Å². The topological polar surface area (TPSA) is 27.7 Å². The van der Waals surface area contributed by atoms with Crippen molar-refractivity contribution in [3.63, 3.8) is 0 Å². The van der Waals surface area contributed by atoms with Gasteiger partial charge in [-0.05, 0) is 130 Å². The van der Waals surface area contributed by atoms with Crippen LogP contribution in [0.15, 0.2) is 0 Å². The molecule has 0 aromatic rings. The summed E-state index contributed by atoms with van der Waals surface area (Å²) in [4.78, 5) is 0. The van der Waals surface area contributed by atoms with Crippen molar-refractivity contribution < 1.29 is 11.4 Å². The molecule has 3 nitrogen and oxygen atoms in total. The van der Waals surface area contributed by atoms with Gasteiger partial charge in [0.15, 0.2) is 0 Å². The molecule has 0 heterocycles. The molecule has 252 valence electrons. The summed E-state index contributed by atoms with van der Waals surface area (Å²) in [6.45, 7) is 28.8. The van der Waals surface area contributed by atoms with Crippen LogP contribution in [0.1, 0.15) is 179 Å². The van der Waals surface area contributed by atoms with E-state index in [0.29, 0.717) is 53.3 Å². The molecule has 3 aliphatic carbocycles. The third kappa shape index (κ3) is 10.5. The summed E-state index contributed by atoms with van der Waals surface area (Å²) in [6.07, 6.45) is 18.5. The van der Waals surface area contributed by atoms with Crippen LogP contribution < -0.4 is 0 Å². The van der Waals surface area contributed by atoms with Crippen molar-refractivity contribution in [3.8, 4) is 0 Å². The highest BCUT2D eigenvalue weighted by molar-refractivity contribution is 6.37. The van der Waals surface area contributed by atoms with Gasteiger partial charge >= 0.3 is 15.1 Å². The lowest BCUT2D eigenvalue weighted by atomic mass is 9.79. The van der Waals surface area contributed by atoms with Gasteiger partial charge < -0.3 is 11.4 Å². The third-order valence-electron chi connectivity index (χ3n) is 11.2. The van der Waals surface area contributed by atoms with E-state index in [4.69, 9.17) is 11.4 Å². The number of hydrogen-bond donors (Lipinski definition) is 0. The van der Waals surface area contributed by atoms with E-state index in [9.17, 15) is 0 Å².